The van der Waals surface area contributed by atoms with E-state index in [9.17, 15) is 10.1 Å². The molecule has 0 spiro atoms. The number of hydrogen-bond donors (Lipinski definition) is 2. The number of aliphatic hydroxyl groups excluding tert-OH is 1. The van der Waals surface area contributed by atoms with E-state index < -0.39 is 4.92 Å². The second-order valence-electron chi connectivity index (χ2n) is 3.95. The molecule has 1 rings (SSSR count). The van der Waals surface area contributed by atoms with E-state index in [1.165, 1.54) is 12.1 Å². The minimum absolute atomic E-state index is 0.00640. The summed E-state index contributed by atoms with van der Waals surface area (Å²) in [5, 5.41) is 23.0. The van der Waals surface area contributed by atoms with Gasteiger partial charge in [0, 0.05) is 18.7 Å². The standard InChI is InChI=1S/C11H14Cl2N2O3/c1-7(3-2-4-16)14-10-5-8(12)9(13)6-11(10)15(17)18/h5-7,14,16H,2-4H2,1H3. The van der Waals surface area contributed by atoms with Crippen molar-refractivity contribution >= 4 is 34.6 Å². The van der Waals surface area contributed by atoms with Crippen LogP contribution < -0.4 is 5.32 Å². The molecule has 0 radical (unpaired) electrons. The third-order valence-corrected chi connectivity index (χ3v) is 3.15. The molecule has 1 aromatic rings. The van der Waals surface area contributed by atoms with E-state index in [0.29, 0.717) is 18.5 Å². The van der Waals surface area contributed by atoms with Gasteiger partial charge in [0.15, 0.2) is 0 Å². The van der Waals surface area contributed by atoms with E-state index in [4.69, 9.17) is 28.3 Å². The number of aliphatic hydroxyl groups is 1. The second-order valence-corrected chi connectivity index (χ2v) is 4.77. The highest BCUT2D eigenvalue weighted by molar-refractivity contribution is 6.42. The largest absolute Gasteiger partial charge is 0.396 e. The van der Waals surface area contributed by atoms with Crippen LogP contribution in [0.5, 0.6) is 0 Å². The minimum atomic E-state index is -0.511. The monoisotopic (exact) mass is 292 g/mol. The summed E-state index contributed by atoms with van der Waals surface area (Å²) in [6.07, 6.45) is 1.33. The lowest BCUT2D eigenvalue weighted by molar-refractivity contribution is -0.384. The van der Waals surface area contributed by atoms with Crippen molar-refractivity contribution in [3.8, 4) is 0 Å². The van der Waals surface area contributed by atoms with Gasteiger partial charge in [-0.25, -0.2) is 0 Å². The van der Waals surface area contributed by atoms with Crippen LogP contribution in [0.25, 0.3) is 0 Å². The van der Waals surface area contributed by atoms with Gasteiger partial charge >= 0.3 is 0 Å². The van der Waals surface area contributed by atoms with Crippen molar-refractivity contribution in [2.45, 2.75) is 25.8 Å². The quantitative estimate of drug-likeness (QED) is 0.622. The fraction of sp³-hybridized carbons (Fsp3) is 0.455. The van der Waals surface area contributed by atoms with E-state index in [1.807, 2.05) is 6.92 Å². The third-order valence-electron chi connectivity index (χ3n) is 2.43. The van der Waals surface area contributed by atoms with Gasteiger partial charge in [-0.05, 0) is 25.8 Å². The maximum atomic E-state index is 10.9. The summed E-state index contributed by atoms with van der Waals surface area (Å²) in [6, 6.07) is 2.66. The molecular formula is C11H14Cl2N2O3. The molecule has 0 bridgehead atoms. The Labute approximate surface area is 115 Å². The first-order chi connectivity index (χ1) is 8.45. The summed E-state index contributed by atoms with van der Waals surface area (Å²) in [4.78, 5) is 10.4. The molecule has 2 N–H and O–H groups in total. The summed E-state index contributed by atoms with van der Waals surface area (Å²) in [5.41, 5.74) is 0.222. The van der Waals surface area contributed by atoms with Crippen LogP contribution in [0.2, 0.25) is 10.0 Å². The Morgan fingerprint density at radius 1 is 1.44 bits per heavy atom. The number of nitro benzene ring substituents is 1. The fourth-order valence-corrected chi connectivity index (χ4v) is 1.86. The molecule has 5 nitrogen and oxygen atoms in total. The lowest BCUT2D eigenvalue weighted by Gasteiger charge is -2.15. The maximum Gasteiger partial charge on any atom is 0.293 e. The predicted molar refractivity (Wildman–Crippen MR) is 72.5 cm³/mol. The Morgan fingerprint density at radius 3 is 2.61 bits per heavy atom. The Balaban J connectivity index is 2.93. The number of hydrogen-bond acceptors (Lipinski definition) is 4. The molecule has 0 aliphatic heterocycles. The smallest absolute Gasteiger partial charge is 0.293 e. The van der Waals surface area contributed by atoms with Crippen LogP contribution in [0.4, 0.5) is 11.4 Å². The average molecular weight is 293 g/mol. The molecule has 0 aromatic heterocycles. The fourth-order valence-electron chi connectivity index (χ4n) is 1.54. The predicted octanol–water partition coefficient (Wildman–Crippen LogP) is 3.47. The summed E-state index contributed by atoms with van der Waals surface area (Å²) in [7, 11) is 0. The summed E-state index contributed by atoms with van der Waals surface area (Å²) in [5.74, 6) is 0. The number of anilines is 1. The molecule has 7 heteroatoms. The van der Waals surface area contributed by atoms with Gasteiger partial charge in [-0.3, -0.25) is 10.1 Å². The first-order valence-electron chi connectivity index (χ1n) is 5.46. The van der Waals surface area contributed by atoms with E-state index in [1.54, 1.807) is 0 Å². The van der Waals surface area contributed by atoms with Crippen molar-refractivity contribution in [1.29, 1.82) is 0 Å². The molecule has 1 atom stereocenters. The van der Waals surface area contributed by atoms with Gasteiger partial charge < -0.3 is 10.4 Å². The summed E-state index contributed by atoms with van der Waals surface area (Å²) in [6.45, 7) is 1.97. The van der Waals surface area contributed by atoms with E-state index in [2.05, 4.69) is 5.32 Å². The molecule has 0 aliphatic rings. The number of rotatable bonds is 6. The summed E-state index contributed by atoms with van der Waals surface area (Å²) >= 11 is 11.6. The zero-order valence-corrected chi connectivity index (χ0v) is 11.3. The number of benzene rings is 1. The van der Waals surface area contributed by atoms with Gasteiger partial charge in [-0.15, -0.1) is 0 Å². The van der Waals surface area contributed by atoms with Crippen molar-refractivity contribution in [2.75, 3.05) is 11.9 Å². The van der Waals surface area contributed by atoms with Crippen LogP contribution >= 0.6 is 23.2 Å². The molecule has 100 valence electrons. The minimum Gasteiger partial charge on any atom is -0.396 e. The van der Waals surface area contributed by atoms with Crippen LogP contribution in [0.3, 0.4) is 0 Å². The summed E-state index contributed by atoms with van der Waals surface area (Å²) < 4.78 is 0. The number of nitro groups is 1. The molecule has 0 saturated heterocycles. The molecular weight excluding hydrogens is 279 g/mol. The van der Waals surface area contributed by atoms with Crippen LogP contribution in [-0.2, 0) is 0 Å². The molecule has 0 fully saturated rings. The second kappa shape index (κ2) is 6.78. The lowest BCUT2D eigenvalue weighted by atomic mass is 10.1. The Morgan fingerprint density at radius 2 is 2.06 bits per heavy atom. The zero-order valence-electron chi connectivity index (χ0n) is 9.82. The molecule has 0 heterocycles. The zero-order chi connectivity index (χ0) is 13.7. The van der Waals surface area contributed by atoms with E-state index in [0.717, 1.165) is 0 Å². The highest BCUT2D eigenvalue weighted by atomic mass is 35.5. The highest BCUT2D eigenvalue weighted by Gasteiger charge is 2.18. The molecule has 0 saturated carbocycles. The normalized spacial score (nSPS) is 12.2. The van der Waals surface area contributed by atoms with Crippen LogP contribution in [0.1, 0.15) is 19.8 Å². The van der Waals surface area contributed by atoms with Gasteiger partial charge in [-0.2, -0.15) is 0 Å². The van der Waals surface area contributed by atoms with Gasteiger partial charge in [0.1, 0.15) is 5.69 Å². The van der Waals surface area contributed by atoms with Gasteiger partial charge in [0.2, 0.25) is 0 Å². The number of nitrogens with one attached hydrogen (secondary N) is 1. The van der Waals surface area contributed by atoms with Crippen molar-refractivity contribution in [3.63, 3.8) is 0 Å². The van der Waals surface area contributed by atoms with E-state index in [-0.39, 0.29) is 28.4 Å². The van der Waals surface area contributed by atoms with Crippen LogP contribution in [0, 0.1) is 10.1 Å². The van der Waals surface area contributed by atoms with E-state index >= 15 is 0 Å². The Hall–Kier alpha value is -1.04. The third kappa shape index (κ3) is 4.01. The number of nitrogens with zero attached hydrogens (tertiary/aromatic N) is 1. The van der Waals surface area contributed by atoms with Crippen LogP contribution in [0.15, 0.2) is 12.1 Å². The first kappa shape index (κ1) is 15.0. The van der Waals surface area contributed by atoms with Gasteiger partial charge in [0.25, 0.3) is 5.69 Å². The molecule has 0 aliphatic carbocycles. The Kier molecular flexibility index (Phi) is 5.65. The lowest BCUT2D eigenvalue weighted by Crippen LogP contribution is -2.16. The topological polar surface area (TPSA) is 75.4 Å². The average Bonchev–Trinajstić information content (AvgIpc) is 2.30. The first-order valence-corrected chi connectivity index (χ1v) is 6.22. The maximum absolute atomic E-state index is 10.9. The van der Waals surface area contributed by atoms with Gasteiger partial charge in [0.05, 0.1) is 15.0 Å². The molecule has 18 heavy (non-hydrogen) atoms. The van der Waals surface area contributed by atoms with Gasteiger partial charge in [-0.1, -0.05) is 23.2 Å². The van der Waals surface area contributed by atoms with Crippen molar-refractivity contribution < 1.29 is 10.0 Å². The SMILES string of the molecule is CC(CCCO)Nc1cc(Cl)c(Cl)cc1[N+](=O)[O-]. The molecule has 1 aromatic carbocycles. The number of halogens is 2. The molecule has 0 amide bonds. The highest BCUT2D eigenvalue weighted by Crippen LogP contribution is 2.34. The van der Waals surface area contributed by atoms with Crippen molar-refractivity contribution in [3.05, 3.63) is 32.3 Å². The molecule has 1 unspecified atom stereocenters. The van der Waals surface area contributed by atoms with Crippen LogP contribution in [-0.4, -0.2) is 22.7 Å². The van der Waals surface area contributed by atoms with Crippen molar-refractivity contribution in [2.24, 2.45) is 0 Å². The Bertz CT molecular complexity index is 441. The van der Waals surface area contributed by atoms with Crippen molar-refractivity contribution in [1.82, 2.24) is 0 Å².